The van der Waals surface area contributed by atoms with Crippen LogP contribution in [0.25, 0.3) is 10.3 Å². The first-order valence-corrected chi connectivity index (χ1v) is 6.17. The van der Waals surface area contributed by atoms with Crippen LogP contribution in [0.3, 0.4) is 0 Å². The first kappa shape index (κ1) is 10.2. The molecule has 0 unspecified atom stereocenters. The largest absolute Gasteiger partial charge is 0.473 e. The van der Waals surface area contributed by atoms with Crippen molar-refractivity contribution in [2.75, 3.05) is 0 Å². The van der Waals surface area contributed by atoms with Crippen LogP contribution in [0.5, 0.6) is 5.88 Å². The Balaban J connectivity index is 1.76. The molecule has 3 rings (SSSR count). The number of thiazole rings is 1. The fourth-order valence-corrected chi connectivity index (χ4v) is 2.20. The number of rotatable bonds is 3. The Morgan fingerprint density at radius 2 is 1.94 bits per heavy atom. The molecule has 0 spiro atoms. The highest BCUT2D eigenvalue weighted by Crippen LogP contribution is 2.19. The van der Waals surface area contributed by atoms with Crippen molar-refractivity contribution in [1.29, 1.82) is 0 Å². The summed E-state index contributed by atoms with van der Waals surface area (Å²) < 4.78 is 5.64. The topological polar surface area (TPSA) is 35.0 Å². The molecule has 0 aliphatic rings. The fourth-order valence-electron chi connectivity index (χ4n) is 1.55. The summed E-state index contributed by atoms with van der Waals surface area (Å²) in [7, 11) is 0. The number of fused-ring (bicyclic) bond motifs is 1. The molecule has 0 amide bonds. The van der Waals surface area contributed by atoms with Gasteiger partial charge in [0.2, 0.25) is 5.88 Å². The van der Waals surface area contributed by atoms with E-state index in [-0.39, 0.29) is 0 Å². The van der Waals surface area contributed by atoms with Crippen LogP contribution in [0.2, 0.25) is 0 Å². The van der Waals surface area contributed by atoms with Crippen LogP contribution in [0.4, 0.5) is 0 Å². The highest BCUT2D eigenvalue weighted by molar-refractivity contribution is 7.16. The van der Waals surface area contributed by atoms with E-state index in [0.29, 0.717) is 12.5 Å². The van der Waals surface area contributed by atoms with Crippen molar-refractivity contribution in [2.45, 2.75) is 6.61 Å². The van der Waals surface area contributed by atoms with Gasteiger partial charge in [-0.2, -0.15) is 0 Å². The summed E-state index contributed by atoms with van der Waals surface area (Å²) in [6.07, 6.45) is 0. The van der Waals surface area contributed by atoms with Gasteiger partial charge in [0.15, 0.2) is 0 Å². The molecule has 0 fully saturated rings. The Hall–Kier alpha value is -1.94. The van der Waals surface area contributed by atoms with Crippen LogP contribution in [0, 0.1) is 0 Å². The molecule has 3 nitrogen and oxygen atoms in total. The molecule has 2 aromatic heterocycles. The molecular formula is C13H10N2OS. The van der Waals surface area contributed by atoms with Crippen LogP contribution in [-0.4, -0.2) is 9.97 Å². The predicted molar refractivity (Wildman–Crippen MR) is 68.2 cm³/mol. The van der Waals surface area contributed by atoms with E-state index in [4.69, 9.17) is 4.74 Å². The summed E-state index contributed by atoms with van der Waals surface area (Å²) in [5, 5.41) is 0. The molecule has 0 saturated carbocycles. The van der Waals surface area contributed by atoms with Crippen molar-refractivity contribution >= 4 is 21.7 Å². The van der Waals surface area contributed by atoms with Crippen molar-refractivity contribution in [2.24, 2.45) is 0 Å². The smallest absolute Gasteiger partial charge is 0.215 e. The van der Waals surface area contributed by atoms with Crippen molar-refractivity contribution in [3.63, 3.8) is 0 Å². The first-order chi connectivity index (χ1) is 8.42. The van der Waals surface area contributed by atoms with Gasteiger partial charge in [0.1, 0.15) is 17.0 Å². The van der Waals surface area contributed by atoms with E-state index in [1.807, 2.05) is 42.5 Å². The Kier molecular flexibility index (Phi) is 2.71. The third kappa shape index (κ3) is 2.26. The molecule has 0 N–H and O–H groups in total. The Labute approximate surface area is 103 Å². The van der Waals surface area contributed by atoms with Gasteiger partial charge < -0.3 is 4.74 Å². The summed E-state index contributed by atoms with van der Waals surface area (Å²) >= 11 is 1.52. The second kappa shape index (κ2) is 4.51. The van der Waals surface area contributed by atoms with Crippen molar-refractivity contribution in [1.82, 2.24) is 9.97 Å². The van der Waals surface area contributed by atoms with Gasteiger partial charge in [-0.15, -0.1) is 11.3 Å². The molecule has 0 saturated heterocycles. The highest BCUT2D eigenvalue weighted by Gasteiger charge is 2.01. The van der Waals surface area contributed by atoms with Gasteiger partial charge in [0, 0.05) is 6.07 Å². The molecule has 0 bridgehead atoms. The molecule has 0 aliphatic heterocycles. The molecular weight excluding hydrogens is 232 g/mol. The summed E-state index contributed by atoms with van der Waals surface area (Å²) in [5.41, 5.74) is 3.85. The maximum atomic E-state index is 5.64. The van der Waals surface area contributed by atoms with E-state index >= 15 is 0 Å². The zero-order valence-corrected chi connectivity index (χ0v) is 9.85. The summed E-state index contributed by atoms with van der Waals surface area (Å²) in [4.78, 5) is 9.48. The SMILES string of the molecule is c1ccc(COc2ccc3ncsc3n2)cc1. The van der Waals surface area contributed by atoms with E-state index < -0.39 is 0 Å². The zero-order chi connectivity index (χ0) is 11.5. The highest BCUT2D eigenvalue weighted by atomic mass is 32.1. The lowest BCUT2D eigenvalue weighted by atomic mass is 10.2. The van der Waals surface area contributed by atoms with Crippen molar-refractivity contribution in [3.05, 3.63) is 53.5 Å². The first-order valence-electron chi connectivity index (χ1n) is 5.29. The maximum Gasteiger partial charge on any atom is 0.215 e. The van der Waals surface area contributed by atoms with Gasteiger partial charge >= 0.3 is 0 Å². The predicted octanol–water partition coefficient (Wildman–Crippen LogP) is 3.27. The van der Waals surface area contributed by atoms with Crippen LogP contribution >= 0.6 is 11.3 Å². The summed E-state index contributed by atoms with van der Waals surface area (Å²) in [6.45, 7) is 0.540. The molecule has 1 aromatic carbocycles. The molecule has 0 radical (unpaired) electrons. The fraction of sp³-hybridized carbons (Fsp3) is 0.0769. The van der Waals surface area contributed by atoms with E-state index in [0.717, 1.165) is 15.9 Å². The minimum atomic E-state index is 0.540. The number of aromatic nitrogens is 2. The standard InChI is InChI=1S/C13H10N2OS/c1-2-4-10(5-3-1)8-16-12-7-6-11-13(15-12)17-9-14-11/h1-7,9H,8H2. The third-order valence-corrected chi connectivity index (χ3v) is 3.13. The number of hydrogen-bond acceptors (Lipinski definition) is 4. The maximum absolute atomic E-state index is 5.64. The Morgan fingerprint density at radius 3 is 2.82 bits per heavy atom. The number of nitrogens with zero attached hydrogens (tertiary/aromatic N) is 2. The second-order valence-electron chi connectivity index (χ2n) is 3.60. The minimum absolute atomic E-state index is 0.540. The lowest BCUT2D eigenvalue weighted by Crippen LogP contribution is -1.96. The van der Waals surface area contributed by atoms with E-state index in [1.54, 1.807) is 5.51 Å². The van der Waals surface area contributed by atoms with Crippen LogP contribution in [-0.2, 0) is 6.61 Å². The minimum Gasteiger partial charge on any atom is -0.473 e. The summed E-state index contributed by atoms with van der Waals surface area (Å²) in [6, 6.07) is 13.8. The van der Waals surface area contributed by atoms with E-state index in [1.165, 1.54) is 11.3 Å². The molecule has 4 heteroatoms. The Bertz CT molecular complexity index is 621. The van der Waals surface area contributed by atoms with Crippen LogP contribution in [0.15, 0.2) is 48.0 Å². The number of benzene rings is 1. The number of hydrogen-bond donors (Lipinski definition) is 0. The van der Waals surface area contributed by atoms with Gasteiger partial charge in [-0.05, 0) is 11.6 Å². The molecule has 17 heavy (non-hydrogen) atoms. The van der Waals surface area contributed by atoms with Gasteiger partial charge in [-0.25, -0.2) is 9.97 Å². The third-order valence-electron chi connectivity index (χ3n) is 2.40. The number of ether oxygens (including phenoxy) is 1. The van der Waals surface area contributed by atoms with Gasteiger partial charge in [0.05, 0.1) is 5.51 Å². The molecule has 0 aliphatic carbocycles. The molecule has 84 valence electrons. The molecule has 3 aromatic rings. The van der Waals surface area contributed by atoms with Crippen molar-refractivity contribution in [3.8, 4) is 5.88 Å². The summed E-state index contributed by atoms with van der Waals surface area (Å²) in [5.74, 6) is 0.644. The van der Waals surface area contributed by atoms with Crippen LogP contribution < -0.4 is 4.74 Å². The lowest BCUT2D eigenvalue weighted by Gasteiger charge is -2.04. The normalized spacial score (nSPS) is 10.6. The zero-order valence-electron chi connectivity index (χ0n) is 9.04. The average Bonchev–Trinajstić information content (AvgIpc) is 2.85. The molecule has 2 heterocycles. The second-order valence-corrected chi connectivity index (χ2v) is 4.43. The number of pyridine rings is 1. The van der Waals surface area contributed by atoms with Gasteiger partial charge in [-0.1, -0.05) is 30.3 Å². The monoisotopic (exact) mass is 242 g/mol. The molecule has 0 atom stereocenters. The lowest BCUT2D eigenvalue weighted by molar-refractivity contribution is 0.295. The van der Waals surface area contributed by atoms with Gasteiger partial charge in [-0.3, -0.25) is 0 Å². The van der Waals surface area contributed by atoms with E-state index in [9.17, 15) is 0 Å². The quantitative estimate of drug-likeness (QED) is 0.707. The van der Waals surface area contributed by atoms with E-state index in [2.05, 4.69) is 9.97 Å². The van der Waals surface area contributed by atoms with Crippen molar-refractivity contribution < 1.29 is 4.74 Å². The van der Waals surface area contributed by atoms with Crippen LogP contribution in [0.1, 0.15) is 5.56 Å². The Morgan fingerprint density at radius 1 is 1.06 bits per heavy atom. The average molecular weight is 242 g/mol. The van der Waals surface area contributed by atoms with Gasteiger partial charge in [0.25, 0.3) is 0 Å².